The first-order valence-corrected chi connectivity index (χ1v) is 11.5. The molecule has 0 bridgehead atoms. The second-order valence-electron chi connectivity index (χ2n) is 7.22. The van der Waals surface area contributed by atoms with Gasteiger partial charge in [0.2, 0.25) is 15.9 Å². The predicted molar refractivity (Wildman–Crippen MR) is 124 cm³/mol. The largest absolute Gasteiger partial charge is 0.497 e. The lowest BCUT2D eigenvalue weighted by Gasteiger charge is -2.19. The van der Waals surface area contributed by atoms with Crippen LogP contribution in [0.5, 0.6) is 11.5 Å². The van der Waals surface area contributed by atoms with Crippen molar-refractivity contribution in [3.63, 3.8) is 0 Å². The fourth-order valence-electron chi connectivity index (χ4n) is 3.24. The van der Waals surface area contributed by atoms with Crippen molar-refractivity contribution in [2.75, 3.05) is 19.5 Å². The Morgan fingerprint density at radius 1 is 0.938 bits per heavy atom. The number of amides is 1. The quantitative estimate of drug-likeness (QED) is 0.516. The van der Waals surface area contributed by atoms with Gasteiger partial charge in [0.05, 0.1) is 19.1 Å². The Morgan fingerprint density at radius 3 is 2.34 bits per heavy atom. The van der Waals surface area contributed by atoms with Gasteiger partial charge in [0.1, 0.15) is 17.5 Å². The molecule has 0 aliphatic heterocycles. The predicted octanol–water partition coefficient (Wildman–Crippen LogP) is 3.54. The van der Waals surface area contributed by atoms with Crippen molar-refractivity contribution in [1.82, 2.24) is 4.72 Å². The van der Waals surface area contributed by atoms with Crippen LogP contribution in [0.3, 0.4) is 0 Å². The minimum Gasteiger partial charge on any atom is -0.497 e. The summed E-state index contributed by atoms with van der Waals surface area (Å²) in [5.41, 5.74) is 2.01. The summed E-state index contributed by atoms with van der Waals surface area (Å²) >= 11 is 0. The molecule has 7 nitrogen and oxygen atoms in total. The molecule has 0 aliphatic rings. The minimum atomic E-state index is -3.97. The summed E-state index contributed by atoms with van der Waals surface area (Å²) in [6.45, 7) is 1.76. The average Bonchev–Trinajstić information content (AvgIpc) is 2.79. The summed E-state index contributed by atoms with van der Waals surface area (Å²) in [7, 11) is -0.915. The maximum atomic E-state index is 13.1. The van der Waals surface area contributed by atoms with E-state index in [2.05, 4.69) is 10.0 Å². The summed E-state index contributed by atoms with van der Waals surface area (Å²) in [5.74, 6) is 0.688. The number of rotatable bonds is 9. The molecule has 0 saturated carbocycles. The lowest BCUT2D eigenvalue weighted by Crippen LogP contribution is -2.45. The second-order valence-corrected chi connectivity index (χ2v) is 8.93. The molecule has 0 saturated heterocycles. The van der Waals surface area contributed by atoms with Gasteiger partial charge in [-0.2, -0.15) is 4.72 Å². The summed E-state index contributed by atoms with van der Waals surface area (Å²) in [5, 5.41) is 2.77. The number of sulfonamides is 1. The third-order valence-electron chi connectivity index (χ3n) is 4.91. The van der Waals surface area contributed by atoms with Crippen molar-refractivity contribution in [3.8, 4) is 11.5 Å². The molecule has 0 spiro atoms. The van der Waals surface area contributed by atoms with E-state index in [0.29, 0.717) is 22.7 Å². The molecule has 1 atom stereocenters. The fourth-order valence-corrected chi connectivity index (χ4v) is 4.52. The SMILES string of the molecule is COc1cccc(NC(=O)C(Cc2ccccc2)NS(=O)(=O)c2ccc(OC)c(C)c2)c1. The number of aryl methyl sites for hydroxylation is 1. The van der Waals surface area contributed by atoms with E-state index in [-0.39, 0.29) is 11.3 Å². The Kier molecular flexibility index (Phi) is 7.50. The van der Waals surface area contributed by atoms with Gasteiger partial charge in [0.15, 0.2) is 0 Å². The Bertz CT molecular complexity index is 1180. The Hall–Kier alpha value is -3.36. The van der Waals surface area contributed by atoms with Crippen molar-refractivity contribution in [2.24, 2.45) is 0 Å². The van der Waals surface area contributed by atoms with Crippen LogP contribution >= 0.6 is 0 Å². The van der Waals surface area contributed by atoms with E-state index in [9.17, 15) is 13.2 Å². The first-order chi connectivity index (χ1) is 15.3. The maximum absolute atomic E-state index is 13.1. The van der Waals surface area contributed by atoms with Crippen LogP contribution in [0.25, 0.3) is 0 Å². The van der Waals surface area contributed by atoms with Gasteiger partial charge in [-0.05, 0) is 54.8 Å². The summed E-state index contributed by atoms with van der Waals surface area (Å²) in [6.07, 6.45) is 0.186. The molecule has 0 heterocycles. The number of nitrogens with one attached hydrogen (secondary N) is 2. The van der Waals surface area contributed by atoms with Gasteiger partial charge in [-0.1, -0.05) is 36.4 Å². The average molecular weight is 455 g/mol. The van der Waals surface area contributed by atoms with Crippen LogP contribution < -0.4 is 19.5 Å². The highest BCUT2D eigenvalue weighted by molar-refractivity contribution is 7.89. The number of carbonyl (C=O) groups excluding carboxylic acids is 1. The van der Waals surface area contributed by atoms with Crippen molar-refractivity contribution in [1.29, 1.82) is 0 Å². The van der Waals surface area contributed by atoms with Crippen molar-refractivity contribution in [3.05, 3.63) is 83.9 Å². The summed E-state index contributed by atoms with van der Waals surface area (Å²) in [6, 6.07) is 19.6. The lowest BCUT2D eigenvalue weighted by molar-refractivity contribution is -0.117. The molecule has 3 aromatic carbocycles. The molecular weight excluding hydrogens is 428 g/mol. The van der Waals surface area contributed by atoms with E-state index in [1.54, 1.807) is 37.3 Å². The lowest BCUT2D eigenvalue weighted by atomic mass is 10.1. The summed E-state index contributed by atoms with van der Waals surface area (Å²) in [4.78, 5) is 13.2. The molecule has 1 amide bonds. The molecule has 0 radical (unpaired) electrons. The van der Waals surface area contributed by atoms with Crippen molar-refractivity contribution in [2.45, 2.75) is 24.3 Å². The standard InChI is InChI=1S/C24H26N2O5S/c1-17-14-21(12-13-23(17)31-3)32(28,29)26-22(15-18-8-5-4-6-9-18)24(27)25-19-10-7-11-20(16-19)30-2/h4-14,16,22,26H,15H2,1-3H3,(H,25,27). The van der Waals surface area contributed by atoms with Crippen LogP contribution in [-0.2, 0) is 21.2 Å². The van der Waals surface area contributed by atoms with Gasteiger partial charge in [-0.25, -0.2) is 8.42 Å². The van der Waals surface area contributed by atoms with Crippen LogP contribution in [0.1, 0.15) is 11.1 Å². The van der Waals surface area contributed by atoms with Crippen LogP contribution in [0.15, 0.2) is 77.7 Å². The third-order valence-corrected chi connectivity index (χ3v) is 6.38. The molecule has 0 aromatic heterocycles. The molecule has 2 N–H and O–H groups in total. The van der Waals surface area contributed by atoms with E-state index in [1.165, 1.54) is 26.4 Å². The smallest absolute Gasteiger partial charge is 0.242 e. The van der Waals surface area contributed by atoms with Crippen LogP contribution in [-0.4, -0.2) is 34.6 Å². The van der Waals surface area contributed by atoms with Gasteiger partial charge < -0.3 is 14.8 Å². The van der Waals surface area contributed by atoms with Gasteiger partial charge in [0.25, 0.3) is 0 Å². The Morgan fingerprint density at radius 2 is 1.69 bits per heavy atom. The van der Waals surface area contributed by atoms with E-state index in [1.807, 2.05) is 30.3 Å². The molecule has 8 heteroatoms. The monoisotopic (exact) mass is 454 g/mol. The molecule has 0 aliphatic carbocycles. The van der Waals surface area contributed by atoms with E-state index in [0.717, 1.165) is 5.56 Å². The molecule has 3 rings (SSSR count). The van der Waals surface area contributed by atoms with Crippen LogP contribution in [0.2, 0.25) is 0 Å². The minimum absolute atomic E-state index is 0.0584. The number of hydrogen-bond acceptors (Lipinski definition) is 5. The Labute approximate surface area is 188 Å². The first kappa shape index (κ1) is 23.3. The van der Waals surface area contributed by atoms with E-state index in [4.69, 9.17) is 9.47 Å². The normalized spacial score (nSPS) is 12.1. The number of anilines is 1. The molecule has 32 heavy (non-hydrogen) atoms. The highest BCUT2D eigenvalue weighted by Crippen LogP contribution is 2.22. The molecule has 1 unspecified atom stereocenters. The van der Waals surface area contributed by atoms with Crippen LogP contribution in [0, 0.1) is 6.92 Å². The van der Waals surface area contributed by atoms with Gasteiger partial charge in [-0.15, -0.1) is 0 Å². The van der Waals surface area contributed by atoms with Crippen LogP contribution in [0.4, 0.5) is 5.69 Å². The molecular formula is C24H26N2O5S. The highest BCUT2D eigenvalue weighted by Gasteiger charge is 2.27. The topological polar surface area (TPSA) is 93.7 Å². The van der Waals surface area contributed by atoms with Gasteiger partial charge in [-0.3, -0.25) is 4.79 Å². The first-order valence-electron chi connectivity index (χ1n) is 9.98. The number of methoxy groups -OCH3 is 2. The fraction of sp³-hybridized carbons (Fsp3) is 0.208. The van der Waals surface area contributed by atoms with Gasteiger partial charge >= 0.3 is 0 Å². The second kappa shape index (κ2) is 10.3. The molecule has 3 aromatic rings. The summed E-state index contributed by atoms with van der Waals surface area (Å²) < 4.78 is 39.1. The Balaban J connectivity index is 1.88. The zero-order valence-corrected chi connectivity index (χ0v) is 19.0. The highest BCUT2D eigenvalue weighted by atomic mass is 32.2. The zero-order chi connectivity index (χ0) is 23.1. The molecule has 0 fully saturated rings. The zero-order valence-electron chi connectivity index (χ0n) is 18.2. The maximum Gasteiger partial charge on any atom is 0.242 e. The van der Waals surface area contributed by atoms with Crippen molar-refractivity contribution >= 4 is 21.6 Å². The van der Waals surface area contributed by atoms with E-state index >= 15 is 0 Å². The number of benzene rings is 3. The number of carbonyl (C=O) groups is 1. The molecule has 168 valence electrons. The third kappa shape index (κ3) is 5.87. The number of ether oxygens (including phenoxy) is 2. The van der Waals surface area contributed by atoms with Crippen molar-refractivity contribution < 1.29 is 22.7 Å². The van der Waals surface area contributed by atoms with Gasteiger partial charge in [0, 0.05) is 11.8 Å². The number of hydrogen-bond donors (Lipinski definition) is 2. The van der Waals surface area contributed by atoms with E-state index < -0.39 is 22.0 Å².